The Morgan fingerprint density at radius 2 is 1.90 bits per heavy atom. The van der Waals surface area contributed by atoms with Crippen molar-refractivity contribution in [1.29, 1.82) is 0 Å². The van der Waals surface area contributed by atoms with Crippen molar-refractivity contribution in [3.05, 3.63) is 35.2 Å². The number of rotatable bonds is 3. The number of nitrogens with zero attached hydrogens (tertiary/aromatic N) is 5. The van der Waals surface area contributed by atoms with E-state index in [1.807, 2.05) is 16.7 Å². The Bertz CT molecular complexity index is 1460. The second kappa shape index (κ2) is 9.99. The average molecular weight is 551 g/mol. The molecule has 11 heteroatoms. The van der Waals surface area contributed by atoms with E-state index in [0.717, 1.165) is 61.0 Å². The lowest BCUT2D eigenvalue weighted by Crippen LogP contribution is -2.51. The van der Waals surface area contributed by atoms with E-state index >= 15 is 0 Å². The van der Waals surface area contributed by atoms with Crippen molar-refractivity contribution in [1.82, 2.24) is 19.8 Å². The highest BCUT2D eigenvalue weighted by molar-refractivity contribution is 7.91. The second-order valence-electron chi connectivity index (χ2n) is 10.9. The van der Waals surface area contributed by atoms with Gasteiger partial charge in [-0.2, -0.15) is 0 Å². The molecule has 0 bridgehead atoms. The monoisotopic (exact) mass is 550 g/mol. The summed E-state index contributed by atoms with van der Waals surface area (Å²) in [5, 5.41) is 3.52. The predicted molar refractivity (Wildman–Crippen MR) is 149 cm³/mol. The fourth-order valence-corrected chi connectivity index (χ4v) is 7.32. The van der Waals surface area contributed by atoms with E-state index in [1.54, 1.807) is 6.92 Å². The second-order valence-corrected chi connectivity index (χ2v) is 13.2. The van der Waals surface area contributed by atoms with Crippen molar-refractivity contribution in [3.8, 4) is 17.6 Å². The van der Waals surface area contributed by atoms with Crippen molar-refractivity contribution >= 4 is 33.1 Å². The molecule has 0 saturated carbocycles. The summed E-state index contributed by atoms with van der Waals surface area (Å²) in [5.74, 6) is 8.17. The maximum absolute atomic E-state index is 12.1. The van der Waals surface area contributed by atoms with Crippen LogP contribution in [0.4, 0.5) is 17.3 Å². The quantitative estimate of drug-likeness (QED) is 0.576. The van der Waals surface area contributed by atoms with Gasteiger partial charge in [0.2, 0.25) is 0 Å². The van der Waals surface area contributed by atoms with E-state index in [9.17, 15) is 13.2 Å². The molecular weight excluding hydrogens is 516 g/mol. The lowest BCUT2D eigenvalue weighted by Gasteiger charge is -2.43. The van der Waals surface area contributed by atoms with E-state index < -0.39 is 9.84 Å². The molecule has 39 heavy (non-hydrogen) atoms. The van der Waals surface area contributed by atoms with Gasteiger partial charge in [-0.1, -0.05) is 12.0 Å². The summed E-state index contributed by atoms with van der Waals surface area (Å²) in [6.07, 6.45) is 2.21. The van der Waals surface area contributed by atoms with Gasteiger partial charge in [-0.25, -0.2) is 18.4 Å². The van der Waals surface area contributed by atoms with E-state index in [4.69, 9.17) is 4.74 Å². The number of carbonyl (C=O) groups is 1. The molecule has 3 saturated heterocycles. The van der Waals surface area contributed by atoms with Crippen LogP contribution in [0.3, 0.4) is 0 Å². The van der Waals surface area contributed by atoms with Gasteiger partial charge in [-0.05, 0) is 50.3 Å². The molecule has 1 amide bonds. The predicted octanol–water partition coefficient (Wildman–Crippen LogP) is 2.24. The molecule has 1 N–H and O–H groups in total. The molecule has 4 aliphatic rings. The molecule has 0 unspecified atom stereocenters. The third-order valence-corrected chi connectivity index (χ3v) is 9.95. The van der Waals surface area contributed by atoms with Crippen molar-refractivity contribution in [2.45, 2.75) is 45.3 Å². The lowest BCUT2D eigenvalue weighted by molar-refractivity contribution is -0.124. The van der Waals surface area contributed by atoms with E-state index in [2.05, 4.69) is 51.1 Å². The van der Waals surface area contributed by atoms with Crippen LogP contribution < -0.4 is 15.0 Å². The van der Waals surface area contributed by atoms with E-state index in [1.165, 1.54) is 11.9 Å². The summed E-state index contributed by atoms with van der Waals surface area (Å²) in [6, 6.07) is 4.78. The Morgan fingerprint density at radius 1 is 1.13 bits per heavy atom. The standard InChI is InChI=1S/C28H34N6O4S/c1-4-5-24(35)33-7-6-22(16-33)34-14-21(15-34)20-12-18(2)26-23(13-20)31-27-25(19(3)38-26)28(30-17-29-27)32-8-10-39(36,37)11-9-32/h12-13,17,19,21-22H,6-11,14-16H2,1-3H3,(H,29,30,31)/t19-,22+/m1/s1. The first-order valence-electron chi connectivity index (χ1n) is 13.6. The van der Waals surface area contributed by atoms with Crippen LogP contribution >= 0.6 is 0 Å². The lowest BCUT2D eigenvalue weighted by atomic mass is 9.88. The first-order valence-corrected chi connectivity index (χ1v) is 15.4. The summed E-state index contributed by atoms with van der Waals surface area (Å²) in [7, 11) is -3.00. The van der Waals surface area contributed by atoms with Crippen LogP contribution in [0.5, 0.6) is 5.75 Å². The number of fused-ring (bicyclic) bond motifs is 2. The Labute approximate surface area is 229 Å². The van der Waals surface area contributed by atoms with E-state index in [0.29, 0.717) is 30.9 Å². The Kier molecular flexibility index (Phi) is 6.63. The number of anilines is 3. The number of aryl methyl sites for hydroxylation is 1. The number of hydrogen-bond acceptors (Lipinski definition) is 9. The number of nitrogens with one attached hydrogen (secondary N) is 1. The molecule has 2 aromatic rings. The molecule has 206 valence electrons. The first kappa shape index (κ1) is 25.9. The Hall–Kier alpha value is -3.36. The smallest absolute Gasteiger partial charge is 0.298 e. The molecule has 0 aliphatic carbocycles. The van der Waals surface area contributed by atoms with Crippen molar-refractivity contribution < 1.29 is 17.9 Å². The molecule has 10 nitrogen and oxygen atoms in total. The largest absolute Gasteiger partial charge is 0.483 e. The number of sulfone groups is 1. The van der Waals surface area contributed by atoms with Gasteiger partial charge in [0, 0.05) is 51.2 Å². The van der Waals surface area contributed by atoms with Gasteiger partial charge in [0.1, 0.15) is 29.8 Å². The SMILES string of the molecule is CC#CC(=O)N1CC[C@H](N2CC(c3cc(C)c4c(c3)Nc3ncnc(N5CCS(=O)(=O)CC5)c3[C@@H](C)O4)C2)C1. The van der Waals surface area contributed by atoms with Crippen LogP contribution in [0, 0.1) is 18.8 Å². The topological polar surface area (TPSA) is 108 Å². The molecule has 1 aromatic heterocycles. The van der Waals surface area contributed by atoms with Crippen LogP contribution in [-0.4, -0.2) is 90.9 Å². The van der Waals surface area contributed by atoms with Crippen LogP contribution in [0.25, 0.3) is 0 Å². The minimum absolute atomic E-state index is 0.0729. The Balaban J connectivity index is 1.19. The van der Waals surface area contributed by atoms with Gasteiger partial charge < -0.3 is 19.9 Å². The first-order chi connectivity index (χ1) is 18.7. The molecule has 2 atom stereocenters. The number of benzene rings is 1. The summed E-state index contributed by atoms with van der Waals surface area (Å²) in [6.45, 7) is 10.0. The summed E-state index contributed by atoms with van der Waals surface area (Å²) in [5.41, 5.74) is 4.04. The van der Waals surface area contributed by atoms with Crippen molar-refractivity contribution in [2.75, 3.05) is 61.0 Å². The van der Waals surface area contributed by atoms with Crippen LogP contribution in [0.2, 0.25) is 0 Å². The van der Waals surface area contributed by atoms with Crippen molar-refractivity contribution in [2.24, 2.45) is 0 Å². The fourth-order valence-electron chi connectivity index (χ4n) is 6.12. The minimum atomic E-state index is -3.00. The molecular formula is C28H34N6O4S. The van der Waals surface area contributed by atoms with Gasteiger partial charge in [0.15, 0.2) is 9.84 Å². The van der Waals surface area contributed by atoms with Gasteiger partial charge in [-0.15, -0.1) is 0 Å². The van der Waals surface area contributed by atoms with Crippen molar-refractivity contribution in [3.63, 3.8) is 0 Å². The highest BCUT2D eigenvalue weighted by Gasteiger charge is 2.38. The minimum Gasteiger partial charge on any atom is -0.483 e. The highest BCUT2D eigenvalue weighted by Crippen LogP contribution is 2.45. The Morgan fingerprint density at radius 3 is 2.64 bits per heavy atom. The fraction of sp³-hybridized carbons (Fsp3) is 0.536. The maximum atomic E-state index is 12.1. The number of ether oxygens (including phenoxy) is 1. The molecule has 6 rings (SSSR count). The number of aromatic nitrogens is 2. The summed E-state index contributed by atoms with van der Waals surface area (Å²) in [4.78, 5) is 27.6. The average Bonchev–Trinajstić information content (AvgIpc) is 3.29. The third-order valence-electron chi connectivity index (χ3n) is 8.34. The highest BCUT2D eigenvalue weighted by atomic mass is 32.2. The molecule has 5 heterocycles. The summed E-state index contributed by atoms with van der Waals surface area (Å²) < 4.78 is 30.4. The van der Waals surface area contributed by atoms with Gasteiger partial charge in [0.05, 0.1) is 22.8 Å². The molecule has 0 radical (unpaired) electrons. The number of hydrogen-bond donors (Lipinski definition) is 1. The number of carbonyl (C=O) groups excluding carboxylic acids is 1. The summed E-state index contributed by atoms with van der Waals surface area (Å²) >= 11 is 0. The third kappa shape index (κ3) is 4.92. The van der Waals surface area contributed by atoms with Gasteiger partial charge in [-0.3, -0.25) is 9.69 Å². The zero-order valence-electron chi connectivity index (χ0n) is 22.6. The zero-order valence-corrected chi connectivity index (χ0v) is 23.4. The molecule has 0 spiro atoms. The van der Waals surface area contributed by atoms with Gasteiger partial charge in [0.25, 0.3) is 5.91 Å². The van der Waals surface area contributed by atoms with Crippen LogP contribution in [-0.2, 0) is 14.6 Å². The molecule has 3 fully saturated rings. The number of amides is 1. The normalized spacial score (nSPS) is 24.3. The number of likely N-dealkylation sites (tertiary alicyclic amines) is 2. The van der Waals surface area contributed by atoms with Crippen LogP contribution in [0.1, 0.15) is 49.0 Å². The van der Waals surface area contributed by atoms with Gasteiger partial charge >= 0.3 is 0 Å². The van der Waals surface area contributed by atoms with E-state index in [-0.39, 0.29) is 23.5 Å². The molecule has 1 aromatic carbocycles. The molecule has 4 aliphatic heterocycles. The zero-order chi connectivity index (χ0) is 27.3. The van der Waals surface area contributed by atoms with Crippen LogP contribution in [0.15, 0.2) is 18.5 Å². The maximum Gasteiger partial charge on any atom is 0.298 e.